The number of rotatable bonds is 21. The van der Waals surface area contributed by atoms with Crippen LogP contribution in [0.2, 0.25) is 5.02 Å². The van der Waals surface area contributed by atoms with Gasteiger partial charge in [-0.2, -0.15) is 0 Å². The molecule has 0 radical (unpaired) electrons. The predicted molar refractivity (Wildman–Crippen MR) is 531 cm³/mol. The van der Waals surface area contributed by atoms with Crippen molar-refractivity contribution in [2.24, 2.45) is 0 Å². The van der Waals surface area contributed by atoms with Gasteiger partial charge in [-0.1, -0.05) is 180 Å². The summed E-state index contributed by atoms with van der Waals surface area (Å²) in [7, 11) is 4.84. The van der Waals surface area contributed by atoms with Crippen molar-refractivity contribution in [2.75, 3.05) is 85.1 Å². The highest BCUT2D eigenvalue weighted by Crippen LogP contribution is 2.31. The third-order valence-electron chi connectivity index (χ3n) is 20.1. The minimum atomic E-state index is -0.694. The molecule has 0 unspecified atom stereocenters. The number of urea groups is 6. The van der Waals surface area contributed by atoms with Crippen molar-refractivity contribution in [1.29, 1.82) is 0 Å². The fraction of sp³-hybridized carbons (Fsp3) is 0.257. The number of halogens is 4. The number of carbonyl (C=O) groups is 6. The lowest BCUT2D eigenvalue weighted by Crippen LogP contribution is -2.21. The first kappa shape index (κ1) is 103. The molecule has 12 amide bonds. The zero-order chi connectivity index (χ0) is 95.4. The van der Waals surface area contributed by atoms with Crippen LogP contribution < -0.4 is 78.0 Å². The number of hydrogen-bond donors (Lipinski definition) is 12. The van der Waals surface area contributed by atoms with Crippen LogP contribution in [0.4, 0.5) is 110 Å². The number of nitrogens with one attached hydrogen (secondary N) is 12. The summed E-state index contributed by atoms with van der Waals surface area (Å²) in [6.07, 6.45) is 0. The van der Waals surface area contributed by atoms with E-state index in [1.807, 2.05) is 244 Å². The normalized spacial score (nSPS) is 10.5. The van der Waals surface area contributed by atoms with E-state index in [2.05, 4.69) is 119 Å². The van der Waals surface area contributed by atoms with Crippen LogP contribution in [0.25, 0.3) is 0 Å². The second-order valence-corrected chi connectivity index (χ2v) is 33.2. The zero-order valence-corrected chi connectivity index (χ0v) is 78.6. The summed E-state index contributed by atoms with van der Waals surface area (Å²) >= 11 is 5.96. The Balaban J connectivity index is 0.000000213. The van der Waals surface area contributed by atoms with E-state index in [-0.39, 0.29) is 53.0 Å². The van der Waals surface area contributed by atoms with Crippen LogP contribution >= 0.6 is 11.6 Å². The molecule has 130 heavy (non-hydrogen) atoms. The lowest BCUT2D eigenvalue weighted by Gasteiger charge is -2.12. The van der Waals surface area contributed by atoms with Crippen molar-refractivity contribution in [3.63, 3.8) is 0 Å². The van der Waals surface area contributed by atoms with Crippen LogP contribution in [0.1, 0.15) is 185 Å². The Morgan fingerprint density at radius 1 is 0.238 bits per heavy atom. The van der Waals surface area contributed by atoms with Gasteiger partial charge in [0.25, 0.3) is 0 Å². The Kier molecular flexibility index (Phi) is 40.3. The first-order valence-electron chi connectivity index (χ1n) is 42.8. The molecule has 25 heteroatoms. The van der Waals surface area contributed by atoms with Gasteiger partial charge in [0, 0.05) is 50.5 Å². The Morgan fingerprint density at radius 3 is 0.823 bits per heavy atom. The van der Waals surface area contributed by atoms with E-state index < -0.39 is 29.5 Å². The average Bonchev–Trinajstić information content (AvgIpc) is 0.860. The lowest BCUT2D eigenvalue weighted by atomic mass is 10.0. The Bertz CT molecular complexity index is 5640. The molecule has 0 aliphatic heterocycles. The third kappa shape index (κ3) is 34.5. The van der Waals surface area contributed by atoms with Crippen LogP contribution in [0.3, 0.4) is 0 Å². The Morgan fingerprint density at radius 2 is 0.500 bits per heavy atom. The first-order chi connectivity index (χ1) is 61.7. The van der Waals surface area contributed by atoms with E-state index in [4.69, 9.17) is 25.8 Å². The van der Waals surface area contributed by atoms with Crippen molar-refractivity contribution in [2.45, 2.75) is 160 Å². The minimum absolute atomic E-state index is 0.0509. The van der Waals surface area contributed by atoms with E-state index in [1.54, 1.807) is 64.7 Å². The summed E-state index contributed by atoms with van der Waals surface area (Å²) in [6.45, 7) is 36.5. The van der Waals surface area contributed by atoms with Crippen molar-refractivity contribution in [1.82, 2.24) is 0 Å². The largest absolute Gasteiger partial charge is 0.496 e. The molecule has 12 aromatic rings. The summed E-state index contributed by atoms with van der Waals surface area (Å²) in [6, 6.07) is 72.6. The second kappa shape index (κ2) is 50.9. The molecule has 12 aromatic carbocycles. The fourth-order valence-electron chi connectivity index (χ4n) is 12.5. The molecule has 0 atom stereocenters. The van der Waals surface area contributed by atoms with Gasteiger partial charge in [-0.15, -0.1) is 0 Å². The molecule has 12 N–H and O–H groups in total. The van der Waals surface area contributed by atoms with Gasteiger partial charge >= 0.3 is 36.2 Å². The molecule has 0 saturated heterocycles. The van der Waals surface area contributed by atoms with Gasteiger partial charge in [0.15, 0.2) is 0 Å². The number of methoxy groups -OCH3 is 3. The fourth-order valence-corrected chi connectivity index (χ4v) is 12.6. The highest BCUT2D eigenvalue weighted by molar-refractivity contribution is 6.31. The monoisotopic (exact) mass is 1790 g/mol. The first-order valence-corrected chi connectivity index (χ1v) is 43.1. The van der Waals surface area contributed by atoms with Gasteiger partial charge < -0.3 is 78.0 Å². The van der Waals surface area contributed by atoms with E-state index in [9.17, 15) is 41.9 Å². The van der Waals surface area contributed by atoms with Crippen molar-refractivity contribution < 1.29 is 56.1 Å². The molecular weight excluding hydrogens is 1670 g/mol. The van der Waals surface area contributed by atoms with Crippen molar-refractivity contribution in [3.8, 4) is 17.2 Å². The Hall–Kier alpha value is -14.3. The number of ether oxygens (including phenoxy) is 3. The molecule has 0 bridgehead atoms. The maximum absolute atomic E-state index is 13.9. The van der Waals surface area contributed by atoms with Crippen molar-refractivity contribution in [3.05, 3.63) is 338 Å². The smallest absolute Gasteiger partial charge is 0.323 e. The number of hydrogen-bond acceptors (Lipinski definition) is 9. The quantitative estimate of drug-likeness (QED) is 0.0326. The van der Waals surface area contributed by atoms with Crippen LogP contribution in [-0.2, 0) is 0 Å². The molecule has 0 spiro atoms. The van der Waals surface area contributed by atoms with Crippen LogP contribution in [0.15, 0.2) is 249 Å². The van der Waals surface area contributed by atoms with Gasteiger partial charge in [0.05, 0.1) is 44.1 Å². The van der Waals surface area contributed by atoms with Gasteiger partial charge in [0.2, 0.25) is 0 Å². The highest BCUT2D eigenvalue weighted by atomic mass is 35.5. The van der Waals surface area contributed by atoms with Gasteiger partial charge in [-0.25, -0.2) is 41.9 Å². The second-order valence-electron chi connectivity index (χ2n) is 32.8. The van der Waals surface area contributed by atoms with E-state index >= 15 is 0 Å². The average molecular weight is 1790 g/mol. The maximum atomic E-state index is 13.9. The summed E-state index contributed by atoms with van der Waals surface area (Å²) in [5.74, 6) is 3.08. The zero-order valence-electron chi connectivity index (χ0n) is 77.8. The molecule has 0 aliphatic rings. The van der Waals surface area contributed by atoms with E-state index in [1.165, 1.54) is 52.6 Å². The number of aryl methyl sites for hydroxylation is 6. The number of anilines is 12. The number of benzene rings is 12. The molecule has 0 saturated carbocycles. The molecule has 0 heterocycles. The topological polar surface area (TPSA) is 274 Å². The van der Waals surface area contributed by atoms with Crippen molar-refractivity contribution >= 4 is 116 Å². The Labute approximate surface area is 768 Å². The molecule has 21 nitrogen and oxygen atoms in total. The maximum Gasteiger partial charge on any atom is 0.323 e. The van der Waals surface area contributed by atoms with Crippen LogP contribution in [0, 0.1) is 59.0 Å². The molecule has 0 aliphatic carbocycles. The predicted octanol–water partition coefficient (Wildman–Crippen LogP) is 29.7. The molecular formula is C105H122ClF3N12O9. The molecule has 0 aromatic heterocycles. The molecule has 0 fully saturated rings. The van der Waals surface area contributed by atoms with E-state index in [0.29, 0.717) is 51.5 Å². The number of carbonyl (C=O) groups excluding carboxylic acids is 6. The lowest BCUT2D eigenvalue weighted by molar-refractivity contribution is 0.261. The third-order valence-corrected chi connectivity index (χ3v) is 20.6. The summed E-state index contributed by atoms with van der Waals surface area (Å²) in [4.78, 5) is 71.8. The van der Waals surface area contributed by atoms with Gasteiger partial charge in [0.1, 0.15) is 34.7 Å². The highest BCUT2D eigenvalue weighted by Gasteiger charge is 2.17. The van der Waals surface area contributed by atoms with E-state index in [0.717, 1.165) is 90.1 Å². The van der Waals surface area contributed by atoms with Gasteiger partial charge in [-0.05, 0) is 308 Å². The standard InChI is InChI=1S/3C18H22N2O2.C17H19ClN2O.C17H18F2N2O.C17H19FN2O/c1-12(2)14-6-8-15(9-7-14)19-18(21)20-16-11-13(3)5-10-17(16)22-4;2*1-12(2)14-5-7-15(8-6-14)19-18(21)20-16-9-10-17(22-4)13(3)11-16;1-11(2)13-4-6-14(7-5-13)19-17(21)20-15-8-9-16(18)12(3)10-15;1-10(2)12-5-7-15(14(19)9-12)20-17(22)21-16-8-11(3)4-6-13(16)18;1-11(2)13-7-8-16(15(18)10-13)20-17(21)19-14-6-4-5-12(3)9-14/h3*5-12H,1-4H3,(H2,19,20,21);4-11H,1-3H3,(H2,19,20,21);4-10H,1-3H3,(H2,20,21,22);4-11H,1-3H3,(H2,19,20,21). The summed E-state index contributed by atoms with van der Waals surface area (Å²) in [5, 5.41) is 33.1. The number of amides is 12. The van der Waals surface area contributed by atoms with Crippen LogP contribution in [0.5, 0.6) is 17.2 Å². The summed E-state index contributed by atoms with van der Waals surface area (Å²) in [5.41, 5.74) is 19.3. The van der Waals surface area contributed by atoms with Crippen LogP contribution in [-0.4, -0.2) is 57.5 Å². The summed E-state index contributed by atoms with van der Waals surface area (Å²) < 4.78 is 57.1. The molecule has 684 valence electrons. The molecule has 12 rings (SSSR count). The SMILES string of the molecule is COc1ccc(C)cc1NC(=O)Nc1ccc(C(C)C)cc1.COc1ccc(NC(=O)Nc2ccc(C(C)C)cc2)cc1C.COc1ccc(NC(=O)Nc2ccc(C(C)C)cc2)cc1C.Cc1cc(NC(=O)Nc2ccc(C(C)C)cc2)ccc1Cl.Cc1ccc(F)c(NC(=O)Nc2ccc(C(C)C)cc2F)c1.Cc1cccc(NC(=O)Nc2ccc(C(C)C)cc2F)c1. The minimum Gasteiger partial charge on any atom is -0.496 e. The van der Waals surface area contributed by atoms with Gasteiger partial charge in [-0.3, -0.25) is 0 Å².